The van der Waals surface area contributed by atoms with E-state index >= 15 is 0 Å². The lowest BCUT2D eigenvalue weighted by Crippen LogP contribution is -2.44. The van der Waals surface area contributed by atoms with E-state index in [1.54, 1.807) is 0 Å². The Morgan fingerprint density at radius 2 is 1.69 bits per heavy atom. The highest BCUT2D eigenvalue weighted by Gasteiger charge is 2.27. The van der Waals surface area contributed by atoms with Crippen molar-refractivity contribution in [2.45, 2.75) is 60.4 Å². The molecule has 0 spiro atoms. The quantitative estimate of drug-likeness (QED) is 0.803. The summed E-state index contributed by atoms with van der Waals surface area (Å²) in [5, 5.41) is 2.92. The Hall–Kier alpha value is -0.730. The molecule has 0 saturated carbocycles. The maximum absolute atomic E-state index is 11.3. The molecule has 0 aliphatic heterocycles. The Labute approximate surface area is 99.9 Å². The molecule has 0 aliphatic rings. The van der Waals surface area contributed by atoms with Gasteiger partial charge in [0.05, 0.1) is 7.11 Å². The Morgan fingerprint density at radius 1 is 1.19 bits per heavy atom. The lowest BCUT2D eigenvalue weighted by molar-refractivity contribution is 0.148. The molecule has 1 atom stereocenters. The van der Waals surface area contributed by atoms with Crippen molar-refractivity contribution in [3.05, 3.63) is 0 Å². The molecule has 0 aliphatic carbocycles. The molecule has 1 amide bonds. The van der Waals surface area contributed by atoms with Gasteiger partial charge in [0.1, 0.15) is 0 Å². The first-order valence-electron chi connectivity index (χ1n) is 5.91. The van der Waals surface area contributed by atoms with Crippen LogP contribution >= 0.6 is 0 Å². The molecule has 0 bridgehead atoms. The molecule has 16 heavy (non-hydrogen) atoms. The van der Waals surface area contributed by atoms with Crippen molar-refractivity contribution in [1.82, 2.24) is 5.32 Å². The number of alkyl carbamates (subject to hydrolysis) is 1. The van der Waals surface area contributed by atoms with Gasteiger partial charge in [0, 0.05) is 6.04 Å². The average Bonchev–Trinajstić information content (AvgIpc) is 2.08. The van der Waals surface area contributed by atoms with E-state index in [1.165, 1.54) is 7.11 Å². The molecular weight excluding hydrogens is 202 g/mol. The molecular formula is C13H27NO2. The van der Waals surface area contributed by atoms with E-state index < -0.39 is 0 Å². The van der Waals surface area contributed by atoms with Crippen LogP contribution in [-0.2, 0) is 4.74 Å². The van der Waals surface area contributed by atoms with Crippen molar-refractivity contribution >= 4 is 6.09 Å². The van der Waals surface area contributed by atoms with Gasteiger partial charge in [-0.05, 0) is 23.7 Å². The number of hydrogen-bond acceptors (Lipinski definition) is 2. The second kappa shape index (κ2) is 5.55. The zero-order chi connectivity index (χ0) is 13.0. The van der Waals surface area contributed by atoms with E-state index in [9.17, 15) is 4.79 Å². The summed E-state index contributed by atoms with van der Waals surface area (Å²) in [4.78, 5) is 11.3. The van der Waals surface area contributed by atoms with E-state index in [2.05, 4.69) is 51.6 Å². The van der Waals surface area contributed by atoms with Crippen LogP contribution in [0.1, 0.15) is 54.4 Å². The van der Waals surface area contributed by atoms with Crippen molar-refractivity contribution in [3.8, 4) is 0 Å². The van der Waals surface area contributed by atoms with Gasteiger partial charge in [0.15, 0.2) is 0 Å². The maximum atomic E-state index is 11.3. The van der Waals surface area contributed by atoms with Gasteiger partial charge in [-0.15, -0.1) is 0 Å². The lowest BCUT2D eigenvalue weighted by Gasteiger charge is -2.33. The summed E-state index contributed by atoms with van der Waals surface area (Å²) in [6, 6.07) is 0.152. The number of hydrogen-bond donors (Lipinski definition) is 1. The summed E-state index contributed by atoms with van der Waals surface area (Å²) in [6.45, 7) is 13.0. The van der Waals surface area contributed by atoms with E-state index in [1.807, 2.05) is 0 Å². The first kappa shape index (κ1) is 15.3. The first-order chi connectivity index (χ1) is 7.06. The molecule has 0 aromatic rings. The van der Waals surface area contributed by atoms with Crippen LogP contribution in [0.2, 0.25) is 0 Å². The Balaban J connectivity index is 4.40. The number of carbonyl (C=O) groups is 1. The maximum Gasteiger partial charge on any atom is 0.407 e. The molecule has 0 rings (SSSR count). The smallest absolute Gasteiger partial charge is 0.407 e. The predicted octanol–water partition coefficient (Wildman–Crippen LogP) is 3.58. The minimum atomic E-state index is -0.339. The van der Waals surface area contributed by atoms with Crippen LogP contribution in [0.3, 0.4) is 0 Å². The number of methoxy groups -OCH3 is 1. The minimum Gasteiger partial charge on any atom is -0.453 e. The van der Waals surface area contributed by atoms with Gasteiger partial charge < -0.3 is 10.1 Å². The van der Waals surface area contributed by atoms with Crippen LogP contribution in [0.25, 0.3) is 0 Å². The van der Waals surface area contributed by atoms with E-state index in [0.29, 0.717) is 5.41 Å². The SMILES string of the molecule is COC(=O)NC(CCC(C)(C)C)C(C)(C)C. The third-order valence-electron chi connectivity index (χ3n) is 2.71. The zero-order valence-corrected chi connectivity index (χ0v) is 11.8. The zero-order valence-electron chi connectivity index (χ0n) is 11.8. The van der Waals surface area contributed by atoms with Gasteiger partial charge in [-0.25, -0.2) is 4.79 Å². The molecule has 1 N–H and O–H groups in total. The molecule has 0 saturated heterocycles. The third kappa shape index (κ3) is 6.70. The predicted molar refractivity (Wildman–Crippen MR) is 67.5 cm³/mol. The normalized spacial score (nSPS) is 14.4. The summed E-state index contributed by atoms with van der Waals surface area (Å²) in [7, 11) is 1.40. The number of amides is 1. The molecule has 96 valence electrons. The van der Waals surface area contributed by atoms with Crippen molar-refractivity contribution in [3.63, 3.8) is 0 Å². The van der Waals surface area contributed by atoms with Crippen LogP contribution in [0, 0.1) is 10.8 Å². The molecule has 0 heterocycles. The third-order valence-corrected chi connectivity index (χ3v) is 2.71. The van der Waals surface area contributed by atoms with Gasteiger partial charge in [0.25, 0.3) is 0 Å². The van der Waals surface area contributed by atoms with Crippen LogP contribution < -0.4 is 5.32 Å². The van der Waals surface area contributed by atoms with E-state index in [0.717, 1.165) is 12.8 Å². The summed E-state index contributed by atoms with van der Waals surface area (Å²) >= 11 is 0. The monoisotopic (exact) mass is 229 g/mol. The Kier molecular flexibility index (Phi) is 5.30. The standard InChI is InChI=1S/C13H27NO2/c1-12(2,3)9-8-10(13(4,5)6)14-11(15)16-7/h10H,8-9H2,1-7H3,(H,14,15). The number of ether oxygens (including phenoxy) is 1. The van der Waals surface area contributed by atoms with Gasteiger partial charge in [-0.3, -0.25) is 0 Å². The van der Waals surface area contributed by atoms with Gasteiger partial charge >= 0.3 is 6.09 Å². The van der Waals surface area contributed by atoms with Crippen molar-refractivity contribution < 1.29 is 9.53 Å². The number of rotatable bonds is 3. The van der Waals surface area contributed by atoms with Crippen molar-refractivity contribution in [2.24, 2.45) is 10.8 Å². The fourth-order valence-electron chi connectivity index (χ4n) is 1.50. The topological polar surface area (TPSA) is 38.3 Å². The molecule has 1 unspecified atom stereocenters. The first-order valence-corrected chi connectivity index (χ1v) is 5.91. The largest absolute Gasteiger partial charge is 0.453 e. The summed E-state index contributed by atoms with van der Waals surface area (Å²) in [5.74, 6) is 0. The highest BCUT2D eigenvalue weighted by Crippen LogP contribution is 2.28. The summed E-state index contributed by atoms with van der Waals surface area (Å²) in [6.07, 6.45) is 1.72. The van der Waals surface area contributed by atoms with Gasteiger partial charge in [-0.2, -0.15) is 0 Å². The molecule has 0 fully saturated rings. The van der Waals surface area contributed by atoms with Gasteiger partial charge in [0.2, 0.25) is 0 Å². The summed E-state index contributed by atoms with van der Waals surface area (Å²) < 4.78 is 4.66. The molecule has 0 radical (unpaired) electrons. The molecule has 0 aromatic carbocycles. The minimum absolute atomic E-state index is 0.0550. The van der Waals surface area contributed by atoms with Crippen LogP contribution in [0.5, 0.6) is 0 Å². The summed E-state index contributed by atoms with van der Waals surface area (Å²) in [5.41, 5.74) is 0.348. The average molecular weight is 229 g/mol. The Bertz CT molecular complexity index is 223. The number of nitrogens with one attached hydrogen (secondary N) is 1. The van der Waals surface area contributed by atoms with Crippen LogP contribution in [0.4, 0.5) is 4.79 Å². The molecule has 3 nitrogen and oxygen atoms in total. The van der Waals surface area contributed by atoms with E-state index in [-0.39, 0.29) is 17.6 Å². The second-order valence-corrected chi connectivity index (χ2v) is 6.65. The van der Waals surface area contributed by atoms with Crippen molar-refractivity contribution in [2.75, 3.05) is 7.11 Å². The Morgan fingerprint density at radius 3 is 2.00 bits per heavy atom. The fourth-order valence-corrected chi connectivity index (χ4v) is 1.50. The van der Waals surface area contributed by atoms with E-state index in [4.69, 9.17) is 0 Å². The molecule has 3 heteroatoms. The van der Waals surface area contributed by atoms with Crippen LogP contribution in [-0.4, -0.2) is 19.2 Å². The number of carbonyl (C=O) groups excluding carboxylic acids is 1. The second-order valence-electron chi connectivity index (χ2n) is 6.65. The highest BCUT2D eigenvalue weighted by atomic mass is 16.5. The molecule has 0 aromatic heterocycles. The highest BCUT2D eigenvalue weighted by molar-refractivity contribution is 5.67. The van der Waals surface area contributed by atoms with Gasteiger partial charge in [-0.1, -0.05) is 41.5 Å². The lowest BCUT2D eigenvalue weighted by atomic mass is 9.80. The fraction of sp³-hybridized carbons (Fsp3) is 0.923. The van der Waals surface area contributed by atoms with Crippen molar-refractivity contribution in [1.29, 1.82) is 0 Å². The van der Waals surface area contributed by atoms with Crippen LogP contribution in [0.15, 0.2) is 0 Å².